The summed E-state index contributed by atoms with van der Waals surface area (Å²) in [6.07, 6.45) is 0. The Hall–Kier alpha value is -2.25. The fraction of sp³-hybridized carbons (Fsp3) is 0.214. The molecule has 0 saturated heterocycles. The van der Waals surface area contributed by atoms with Crippen molar-refractivity contribution in [3.05, 3.63) is 45.4 Å². The third kappa shape index (κ3) is 3.26. The fourth-order valence-electron chi connectivity index (χ4n) is 1.84. The Balaban J connectivity index is 2.27. The van der Waals surface area contributed by atoms with Crippen LogP contribution in [0.2, 0.25) is 0 Å². The first-order chi connectivity index (χ1) is 9.90. The number of aromatic nitrogens is 1. The smallest absolute Gasteiger partial charge is 0.338 e. The number of thiazole rings is 1. The van der Waals surface area contributed by atoms with Gasteiger partial charge in [0.1, 0.15) is 10.7 Å². The summed E-state index contributed by atoms with van der Waals surface area (Å²) in [7, 11) is 0. The van der Waals surface area contributed by atoms with E-state index in [0.29, 0.717) is 10.6 Å². The molecule has 1 atom stereocenters. The highest BCUT2D eigenvalue weighted by Gasteiger charge is 2.17. The Morgan fingerprint density at radius 1 is 1.43 bits per heavy atom. The van der Waals surface area contributed by atoms with Gasteiger partial charge in [0.05, 0.1) is 17.3 Å². The lowest BCUT2D eigenvalue weighted by Crippen LogP contribution is -2.16. The number of anilines is 1. The molecular formula is C14H15N3O3S. The van der Waals surface area contributed by atoms with Gasteiger partial charge in [-0.05, 0) is 25.5 Å². The lowest BCUT2D eigenvalue weighted by atomic mass is 10.1. The van der Waals surface area contributed by atoms with E-state index in [2.05, 4.69) is 10.3 Å². The van der Waals surface area contributed by atoms with E-state index >= 15 is 0 Å². The van der Waals surface area contributed by atoms with Crippen LogP contribution in [0.3, 0.4) is 0 Å². The van der Waals surface area contributed by atoms with Gasteiger partial charge in [-0.15, -0.1) is 11.3 Å². The number of aromatic carboxylic acids is 1. The summed E-state index contributed by atoms with van der Waals surface area (Å²) in [5.41, 5.74) is 6.84. The molecule has 0 fully saturated rings. The van der Waals surface area contributed by atoms with Crippen molar-refractivity contribution in [1.29, 1.82) is 0 Å². The molecule has 1 unspecified atom stereocenters. The number of carboxylic acid groups (broad SMARTS) is 1. The average Bonchev–Trinajstić information content (AvgIpc) is 2.88. The molecule has 1 heterocycles. The zero-order valence-corrected chi connectivity index (χ0v) is 12.4. The number of nitrogens with zero attached hydrogens (tertiary/aromatic N) is 1. The minimum atomic E-state index is -1.09. The first-order valence-corrected chi connectivity index (χ1v) is 7.13. The third-order valence-electron chi connectivity index (χ3n) is 2.88. The summed E-state index contributed by atoms with van der Waals surface area (Å²) < 4.78 is 0. The van der Waals surface area contributed by atoms with Crippen LogP contribution in [0.4, 0.5) is 5.69 Å². The van der Waals surface area contributed by atoms with Gasteiger partial charge in [0.2, 0.25) is 0 Å². The van der Waals surface area contributed by atoms with Crippen molar-refractivity contribution in [1.82, 2.24) is 4.98 Å². The maximum atomic E-state index is 12.1. The minimum Gasteiger partial charge on any atom is -0.478 e. The van der Waals surface area contributed by atoms with Gasteiger partial charge < -0.3 is 16.2 Å². The topological polar surface area (TPSA) is 105 Å². The van der Waals surface area contributed by atoms with E-state index in [-0.39, 0.29) is 23.0 Å². The molecule has 0 spiro atoms. The van der Waals surface area contributed by atoms with E-state index in [1.165, 1.54) is 11.3 Å². The van der Waals surface area contributed by atoms with Crippen molar-refractivity contribution < 1.29 is 14.7 Å². The lowest BCUT2D eigenvalue weighted by molar-refractivity contribution is 0.0697. The monoisotopic (exact) mass is 305 g/mol. The molecule has 6 nitrogen and oxygen atoms in total. The summed E-state index contributed by atoms with van der Waals surface area (Å²) in [6, 6.07) is 4.67. The molecule has 2 rings (SSSR count). The van der Waals surface area contributed by atoms with Crippen molar-refractivity contribution in [2.45, 2.75) is 19.9 Å². The van der Waals surface area contributed by atoms with E-state index < -0.39 is 11.9 Å². The molecule has 1 aromatic heterocycles. The largest absolute Gasteiger partial charge is 0.478 e. The molecule has 0 bridgehead atoms. The van der Waals surface area contributed by atoms with Gasteiger partial charge in [-0.2, -0.15) is 0 Å². The van der Waals surface area contributed by atoms with Gasteiger partial charge >= 0.3 is 5.97 Å². The van der Waals surface area contributed by atoms with Crippen LogP contribution in [-0.4, -0.2) is 22.0 Å². The zero-order valence-electron chi connectivity index (χ0n) is 11.6. The van der Waals surface area contributed by atoms with Crippen LogP contribution in [-0.2, 0) is 0 Å². The van der Waals surface area contributed by atoms with E-state index in [1.54, 1.807) is 37.4 Å². The molecule has 7 heteroatoms. The van der Waals surface area contributed by atoms with Crippen molar-refractivity contribution in [2.24, 2.45) is 5.73 Å². The number of amides is 1. The average molecular weight is 305 g/mol. The van der Waals surface area contributed by atoms with Crippen molar-refractivity contribution in [3.63, 3.8) is 0 Å². The molecule has 1 amide bonds. The lowest BCUT2D eigenvalue weighted by Gasteiger charge is -2.09. The molecule has 4 N–H and O–H groups in total. The standard InChI is InChI=1S/C14H15N3O3S/c1-7-4-3-5-9(11(7)14(19)20)16-12(18)10-6-21-13(17-10)8(2)15/h3-6,8H,15H2,1-2H3,(H,16,18)(H,19,20). The Bertz CT molecular complexity index is 695. The van der Waals surface area contributed by atoms with Crippen LogP contribution in [0.1, 0.15) is 44.4 Å². The van der Waals surface area contributed by atoms with E-state index in [9.17, 15) is 14.7 Å². The number of benzene rings is 1. The number of carbonyl (C=O) groups excluding carboxylic acids is 1. The first-order valence-electron chi connectivity index (χ1n) is 6.25. The maximum absolute atomic E-state index is 12.1. The molecule has 0 aliphatic rings. The molecular weight excluding hydrogens is 290 g/mol. The van der Waals surface area contributed by atoms with Gasteiger partial charge in [-0.3, -0.25) is 4.79 Å². The first kappa shape index (κ1) is 15.1. The normalized spacial score (nSPS) is 12.0. The molecule has 0 aliphatic carbocycles. The van der Waals surface area contributed by atoms with Crippen LogP contribution in [0.5, 0.6) is 0 Å². The summed E-state index contributed by atoms with van der Waals surface area (Å²) in [6.45, 7) is 3.46. The van der Waals surface area contributed by atoms with E-state index in [0.717, 1.165) is 0 Å². The molecule has 1 aromatic carbocycles. The predicted octanol–water partition coefficient (Wildman–Crippen LogP) is 2.42. The molecule has 2 aromatic rings. The third-order valence-corrected chi connectivity index (χ3v) is 3.92. The summed E-state index contributed by atoms with van der Waals surface area (Å²) in [4.78, 5) is 27.5. The number of carbonyl (C=O) groups is 2. The number of hydrogen-bond acceptors (Lipinski definition) is 5. The highest BCUT2D eigenvalue weighted by atomic mass is 32.1. The Kier molecular flexibility index (Phi) is 4.35. The molecule has 21 heavy (non-hydrogen) atoms. The Morgan fingerprint density at radius 3 is 2.71 bits per heavy atom. The number of hydrogen-bond donors (Lipinski definition) is 3. The van der Waals surface area contributed by atoms with E-state index in [4.69, 9.17) is 5.73 Å². The van der Waals surface area contributed by atoms with Gasteiger partial charge in [0.25, 0.3) is 5.91 Å². The van der Waals surface area contributed by atoms with Crippen LogP contribution >= 0.6 is 11.3 Å². The summed E-state index contributed by atoms with van der Waals surface area (Å²) >= 11 is 1.30. The Morgan fingerprint density at radius 2 is 2.14 bits per heavy atom. The van der Waals surface area contributed by atoms with E-state index in [1.807, 2.05) is 0 Å². The second-order valence-electron chi connectivity index (χ2n) is 4.62. The second-order valence-corrected chi connectivity index (χ2v) is 5.51. The molecule has 0 saturated carbocycles. The minimum absolute atomic E-state index is 0.0773. The summed E-state index contributed by atoms with van der Waals surface area (Å²) in [5.74, 6) is -1.54. The van der Waals surface area contributed by atoms with Crippen LogP contribution < -0.4 is 11.1 Å². The fourth-order valence-corrected chi connectivity index (χ4v) is 2.60. The van der Waals surface area contributed by atoms with Crippen LogP contribution in [0.15, 0.2) is 23.6 Å². The number of nitrogens with one attached hydrogen (secondary N) is 1. The highest BCUT2D eigenvalue weighted by molar-refractivity contribution is 7.09. The quantitative estimate of drug-likeness (QED) is 0.804. The number of rotatable bonds is 4. The van der Waals surface area contributed by atoms with Crippen molar-refractivity contribution >= 4 is 28.9 Å². The van der Waals surface area contributed by atoms with Gasteiger partial charge in [0.15, 0.2) is 0 Å². The van der Waals surface area contributed by atoms with Gasteiger partial charge in [0, 0.05) is 5.38 Å². The molecule has 0 radical (unpaired) electrons. The second kappa shape index (κ2) is 6.02. The number of carboxylic acids is 1. The van der Waals surface area contributed by atoms with Gasteiger partial charge in [-0.25, -0.2) is 9.78 Å². The maximum Gasteiger partial charge on any atom is 0.338 e. The van der Waals surface area contributed by atoms with Crippen molar-refractivity contribution in [3.8, 4) is 0 Å². The summed E-state index contributed by atoms with van der Waals surface area (Å²) in [5, 5.41) is 14.1. The highest BCUT2D eigenvalue weighted by Crippen LogP contribution is 2.21. The van der Waals surface area contributed by atoms with Crippen LogP contribution in [0, 0.1) is 6.92 Å². The molecule has 0 aliphatic heterocycles. The molecule has 110 valence electrons. The number of nitrogens with two attached hydrogens (primary N) is 1. The predicted molar refractivity (Wildman–Crippen MR) is 80.8 cm³/mol. The van der Waals surface area contributed by atoms with Crippen molar-refractivity contribution in [2.75, 3.05) is 5.32 Å². The van der Waals surface area contributed by atoms with Crippen LogP contribution in [0.25, 0.3) is 0 Å². The zero-order chi connectivity index (χ0) is 15.6. The SMILES string of the molecule is Cc1cccc(NC(=O)c2csc(C(C)N)n2)c1C(=O)O. The van der Waals surface area contributed by atoms with Gasteiger partial charge in [-0.1, -0.05) is 12.1 Å². The Labute approximate surface area is 125 Å². The number of aryl methyl sites for hydroxylation is 1.